The summed E-state index contributed by atoms with van der Waals surface area (Å²) in [6, 6.07) is 11.3. The van der Waals surface area contributed by atoms with Gasteiger partial charge in [0, 0.05) is 25.2 Å². The molecule has 0 radical (unpaired) electrons. The number of nitrogens with zero attached hydrogens (tertiary/aromatic N) is 1. The fourth-order valence-electron chi connectivity index (χ4n) is 3.27. The number of nitrogens with one attached hydrogen (secondary N) is 1. The van der Waals surface area contributed by atoms with Gasteiger partial charge in [0.2, 0.25) is 11.8 Å². The maximum atomic E-state index is 13.3. The van der Waals surface area contributed by atoms with Gasteiger partial charge in [-0.1, -0.05) is 12.1 Å². The van der Waals surface area contributed by atoms with E-state index in [1.54, 1.807) is 25.2 Å². The molecule has 1 aliphatic heterocycles. The smallest absolute Gasteiger partial charge is 0.229 e. The molecule has 0 bridgehead atoms. The molecular formula is C21H23FN2O4. The second kappa shape index (κ2) is 8.73. The van der Waals surface area contributed by atoms with E-state index >= 15 is 0 Å². The quantitative estimate of drug-likeness (QED) is 0.795. The van der Waals surface area contributed by atoms with Crippen molar-refractivity contribution in [3.63, 3.8) is 0 Å². The van der Waals surface area contributed by atoms with E-state index in [9.17, 15) is 14.0 Å². The van der Waals surface area contributed by atoms with Crippen molar-refractivity contribution in [3.8, 4) is 11.5 Å². The van der Waals surface area contributed by atoms with Crippen LogP contribution in [-0.2, 0) is 16.0 Å². The van der Waals surface area contributed by atoms with Crippen LogP contribution in [0.5, 0.6) is 11.5 Å². The number of likely N-dealkylation sites (tertiary alicyclic amines) is 1. The first-order chi connectivity index (χ1) is 13.5. The molecule has 28 heavy (non-hydrogen) atoms. The second-order valence-electron chi connectivity index (χ2n) is 6.68. The van der Waals surface area contributed by atoms with Crippen molar-refractivity contribution >= 4 is 17.5 Å². The van der Waals surface area contributed by atoms with E-state index in [1.165, 1.54) is 18.2 Å². The van der Waals surface area contributed by atoms with E-state index in [2.05, 4.69) is 5.32 Å². The van der Waals surface area contributed by atoms with Crippen LogP contribution in [0.3, 0.4) is 0 Å². The van der Waals surface area contributed by atoms with Crippen molar-refractivity contribution in [1.82, 2.24) is 4.90 Å². The minimum absolute atomic E-state index is 0.0557. The highest BCUT2D eigenvalue weighted by atomic mass is 19.1. The Labute approximate surface area is 163 Å². The Hall–Kier alpha value is -3.09. The summed E-state index contributed by atoms with van der Waals surface area (Å²) in [5.74, 6) is 0.100. The number of halogens is 1. The largest absolute Gasteiger partial charge is 0.493 e. The van der Waals surface area contributed by atoms with Gasteiger partial charge in [0.05, 0.1) is 20.1 Å². The van der Waals surface area contributed by atoms with Crippen LogP contribution in [-0.4, -0.2) is 44.0 Å². The van der Waals surface area contributed by atoms with Crippen LogP contribution < -0.4 is 14.8 Å². The summed E-state index contributed by atoms with van der Waals surface area (Å²) in [7, 11) is 3.16. The molecule has 0 saturated carbocycles. The molecule has 1 heterocycles. The zero-order valence-corrected chi connectivity index (χ0v) is 15.9. The van der Waals surface area contributed by atoms with Gasteiger partial charge < -0.3 is 19.7 Å². The molecule has 0 aromatic heterocycles. The lowest BCUT2D eigenvalue weighted by molar-refractivity contribution is -0.128. The SMILES string of the molecule is COc1ccc(CCN2C[C@H](C(=O)Nc3cccc(F)c3)CC2=O)cc1OC. The average molecular weight is 386 g/mol. The Morgan fingerprint density at radius 1 is 1.18 bits per heavy atom. The molecule has 2 aromatic carbocycles. The van der Waals surface area contributed by atoms with Gasteiger partial charge >= 0.3 is 0 Å². The number of hydrogen-bond donors (Lipinski definition) is 1. The number of benzene rings is 2. The van der Waals surface area contributed by atoms with Crippen molar-refractivity contribution in [2.45, 2.75) is 12.8 Å². The van der Waals surface area contributed by atoms with Gasteiger partial charge in [-0.2, -0.15) is 0 Å². The summed E-state index contributed by atoms with van der Waals surface area (Å²) in [5.41, 5.74) is 1.40. The molecule has 1 atom stereocenters. The molecule has 6 nitrogen and oxygen atoms in total. The fourth-order valence-corrected chi connectivity index (χ4v) is 3.27. The van der Waals surface area contributed by atoms with Crippen LogP contribution in [0.2, 0.25) is 0 Å². The van der Waals surface area contributed by atoms with E-state index in [0.717, 1.165) is 5.56 Å². The van der Waals surface area contributed by atoms with Crippen LogP contribution in [0.15, 0.2) is 42.5 Å². The summed E-state index contributed by atoms with van der Waals surface area (Å²) >= 11 is 0. The highest BCUT2D eigenvalue weighted by molar-refractivity contribution is 5.97. The standard InChI is InChI=1S/C21H23FN2O4/c1-27-18-7-6-14(10-19(18)28-2)8-9-24-13-15(11-20(24)25)21(26)23-17-5-3-4-16(22)12-17/h3-7,10,12,15H,8-9,11,13H2,1-2H3,(H,23,26)/t15-/m1/s1. The van der Waals surface area contributed by atoms with Gasteiger partial charge in [-0.15, -0.1) is 0 Å². The van der Waals surface area contributed by atoms with E-state index in [1.807, 2.05) is 18.2 Å². The number of methoxy groups -OCH3 is 2. The molecule has 0 unspecified atom stereocenters. The highest BCUT2D eigenvalue weighted by Crippen LogP contribution is 2.28. The minimum Gasteiger partial charge on any atom is -0.493 e. The minimum atomic E-state index is -0.443. The first-order valence-corrected chi connectivity index (χ1v) is 9.05. The molecule has 1 saturated heterocycles. The van der Waals surface area contributed by atoms with Crippen molar-refractivity contribution in [2.24, 2.45) is 5.92 Å². The number of carbonyl (C=O) groups excluding carboxylic acids is 2. The van der Waals surface area contributed by atoms with Crippen LogP contribution in [0.4, 0.5) is 10.1 Å². The zero-order valence-electron chi connectivity index (χ0n) is 15.9. The first kappa shape index (κ1) is 19.7. The normalized spacial score (nSPS) is 16.2. The van der Waals surface area contributed by atoms with Crippen molar-refractivity contribution in [1.29, 1.82) is 0 Å². The molecule has 1 aliphatic rings. The molecule has 1 fully saturated rings. The number of hydrogen-bond acceptors (Lipinski definition) is 4. The predicted molar refractivity (Wildman–Crippen MR) is 103 cm³/mol. The van der Waals surface area contributed by atoms with Gasteiger partial charge in [0.1, 0.15) is 5.82 Å². The zero-order chi connectivity index (χ0) is 20.1. The summed E-state index contributed by atoms with van der Waals surface area (Å²) < 4.78 is 23.8. The van der Waals surface area contributed by atoms with Gasteiger partial charge in [0.15, 0.2) is 11.5 Å². The summed E-state index contributed by atoms with van der Waals surface area (Å²) in [4.78, 5) is 26.4. The lowest BCUT2D eigenvalue weighted by Gasteiger charge is -2.17. The van der Waals surface area contributed by atoms with Crippen LogP contribution in [0.1, 0.15) is 12.0 Å². The van der Waals surface area contributed by atoms with Crippen LogP contribution in [0.25, 0.3) is 0 Å². The van der Waals surface area contributed by atoms with E-state index < -0.39 is 11.7 Å². The maximum absolute atomic E-state index is 13.3. The number of rotatable bonds is 7. The molecular weight excluding hydrogens is 363 g/mol. The molecule has 0 spiro atoms. The van der Waals surface area contributed by atoms with Crippen molar-refractivity contribution in [2.75, 3.05) is 32.6 Å². The third-order valence-corrected chi connectivity index (χ3v) is 4.80. The first-order valence-electron chi connectivity index (χ1n) is 9.05. The molecule has 148 valence electrons. The summed E-state index contributed by atoms with van der Waals surface area (Å²) in [6.45, 7) is 0.866. The third-order valence-electron chi connectivity index (χ3n) is 4.80. The van der Waals surface area contributed by atoms with E-state index in [0.29, 0.717) is 36.7 Å². The topological polar surface area (TPSA) is 67.9 Å². The summed E-state index contributed by atoms with van der Waals surface area (Å²) in [5, 5.41) is 2.68. The number of ether oxygens (including phenoxy) is 2. The molecule has 3 rings (SSSR count). The van der Waals surface area contributed by atoms with Gasteiger partial charge in [-0.3, -0.25) is 9.59 Å². The number of amides is 2. The Kier molecular flexibility index (Phi) is 6.13. The highest BCUT2D eigenvalue weighted by Gasteiger charge is 2.34. The van der Waals surface area contributed by atoms with Crippen molar-refractivity contribution < 1.29 is 23.5 Å². The summed E-state index contributed by atoms with van der Waals surface area (Å²) in [6.07, 6.45) is 0.803. The van der Waals surface area contributed by atoms with Gasteiger partial charge in [-0.05, 0) is 42.3 Å². The lowest BCUT2D eigenvalue weighted by atomic mass is 10.1. The predicted octanol–water partition coefficient (Wildman–Crippen LogP) is 2.87. The molecule has 7 heteroatoms. The number of carbonyl (C=O) groups is 2. The van der Waals surface area contributed by atoms with Gasteiger partial charge in [0.25, 0.3) is 0 Å². The van der Waals surface area contributed by atoms with E-state index in [4.69, 9.17) is 9.47 Å². The fraction of sp³-hybridized carbons (Fsp3) is 0.333. The second-order valence-corrected chi connectivity index (χ2v) is 6.68. The molecule has 2 aromatic rings. The average Bonchev–Trinajstić information content (AvgIpc) is 3.07. The Bertz CT molecular complexity index is 871. The van der Waals surface area contributed by atoms with Crippen LogP contribution >= 0.6 is 0 Å². The Morgan fingerprint density at radius 2 is 1.96 bits per heavy atom. The molecule has 1 N–H and O–H groups in total. The van der Waals surface area contributed by atoms with E-state index in [-0.39, 0.29) is 18.2 Å². The molecule has 2 amide bonds. The molecule has 0 aliphatic carbocycles. The Balaban J connectivity index is 1.56. The maximum Gasteiger partial charge on any atom is 0.229 e. The Morgan fingerprint density at radius 3 is 2.68 bits per heavy atom. The van der Waals surface area contributed by atoms with Crippen molar-refractivity contribution in [3.05, 3.63) is 53.8 Å². The van der Waals surface area contributed by atoms with Gasteiger partial charge in [-0.25, -0.2) is 4.39 Å². The number of anilines is 1. The third kappa shape index (κ3) is 4.60. The monoisotopic (exact) mass is 386 g/mol. The van der Waals surface area contributed by atoms with Crippen LogP contribution in [0, 0.1) is 11.7 Å². The lowest BCUT2D eigenvalue weighted by Crippen LogP contribution is -2.30.